The van der Waals surface area contributed by atoms with Gasteiger partial charge in [0, 0.05) is 6.54 Å². The molecule has 0 bridgehead atoms. The van der Waals surface area contributed by atoms with Gasteiger partial charge >= 0.3 is 5.97 Å². The molecular formula is C21H23ClN4O5. The average molecular weight is 447 g/mol. The normalized spacial score (nSPS) is 11.8. The van der Waals surface area contributed by atoms with Crippen LogP contribution in [0.2, 0.25) is 0 Å². The van der Waals surface area contributed by atoms with E-state index in [4.69, 9.17) is 15.2 Å². The molecule has 0 saturated carbocycles. The number of anilines is 1. The van der Waals surface area contributed by atoms with Crippen molar-refractivity contribution in [3.63, 3.8) is 0 Å². The molecule has 2 heterocycles. The number of nitrogens with one attached hydrogen (secondary N) is 2. The Morgan fingerprint density at radius 3 is 2.71 bits per heavy atom. The summed E-state index contributed by atoms with van der Waals surface area (Å²) in [5, 5.41) is 3.18. The van der Waals surface area contributed by atoms with Crippen molar-refractivity contribution >= 4 is 40.9 Å². The number of nitrogens with zero attached hydrogens (tertiary/aromatic N) is 1. The summed E-state index contributed by atoms with van der Waals surface area (Å²) < 4.78 is 9.97. The molecule has 3 aromatic rings. The van der Waals surface area contributed by atoms with Gasteiger partial charge in [0.1, 0.15) is 5.75 Å². The fraction of sp³-hybridized carbons (Fsp3) is 0.238. The van der Waals surface area contributed by atoms with Gasteiger partial charge in [-0.05, 0) is 49.2 Å². The standard InChI is InChI=1S/C12H12N2O3.C9H10N2O2.ClH/c1-3-17-12(16)10-13-9-6-7(2)4-5-8(9)11(15)14-10;10-4-6-1-2-8-7(3-6)11-9(12)5-13-8;/h4-6H,3H2,1-2H3,(H,13,14,15);1-3H,4-5,10H2,(H,11,12);1H. The number of benzene rings is 2. The summed E-state index contributed by atoms with van der Waals surface area (Å²) in [6.07, 6.45) is 0. The second-order valence-electron chi connectivity index (χ2n) is 6.53. The number of aromatic amines is 1. The van der Waals surface area contributed by atoms with E-state index < -0.39 is 5.97 Å². The number of H-pyrrole nitrogens is 1. The summed E-state index contributed by atoms with van der Waals surface area (Å²) in [6, 6.07) is 10.8. The number of nitrogens with two attached hydrogens (primary N) is 1. The Kier molecular flexibility index (Phi) is 8.12. The topological polar surface area (TPSA) is 136 Å². The van der Waals surface area contributed by atoms with Crippen LogP contribution in [-0.2, 0) is 16.1 Å². The van der Waals surface area contributed by atoms with Crippen LogP contribution < -0.4 is 21.3 Å². The smallest absolute Gasteiger partial charge is 0.374 e. The SMILES string of the molecule is CCOC(=O)c1nc2cc(C)ccc2c(=O)[nH]1.Cl.NCc1ccc2c(c1)NC(=O)CO2. The van der Waals surface area contributed by atoms with Gasteiger partial charge in [0.2, 0.25) is 5.82 Å². The Morgan fingerprint density at radius 1 is 1.23 bits per heavy atom. The second kappa shape index (κ2) is 10.6. The maximum atomic E-state index is 11.7. The van der Waals surface area contributed by atoms with Crippen molar-refractivity contribution in [2.24, 2.45) is 5.73 Å². The van der Waals surface area contributed by atoms with Crippen molar-refractivity contribution < 1.29 is 19.1 Å². The van der Waals surface area contributed by atoms with Gasteiger partial charge in [-0.3, -0.25) is 9.59 Å². The number of fused-ring (bicyclic) bond motifs is 2. The van der Waals surface area contributed by atoms with Crippen LogP contribution in [0.3, 0.4) is 0 Å². The summed E-state index contributed by atoms with van der Waals surface area (Å²) in [5.74, 6) is -0.0959. The molecule has 9 nitrogen and oxygen atoms in total. The summed E-state index contributed by atoms with van der Waals surface area (Å²) in [4.78, 5) is 40.6. The molecule has 0 aliphatic carbocycles. The lowest BCUT2D eigenvalue weighted by molar-refractivity contribution is -0.118. The minimum atomic E-state index is -0.618. The van der Waals surface area contributed by atoms with E-state index in [9.17, 15) is 14.4 Å². The third-order valence-electron chi connectivity index (χ3n) is 4.24. The van der Waals surface area contributed by atoms with Gasteiger partial charge in [0.25, 0.3) is 11.5 Å². The molecule has 4 rings (SSSR count). The molecule has 1 aliphatic heterocycles. The first-order chi connectivity index (χ1) is 14.4. The molecule has 1 aromatic heterocycles. The molecule has 0 radical (unpaired) electrons. The second-order valence-corrected chi connectivity index (χ2v) is 6.53. The number of hydrogen-bond acceptors (Lipinski definition) is 7. The Balaban J connectivity index is 0.000000220. The Hall–Kier alpha value is -3.43. The zero-order valence-corrected chi connectivity index (χ0v) is 17.9. The van der Waals surface area contributed by atoms with E-state index in [0.29, 0.717) is 28.9 Å². The van der Waals surface area contributed by atoms with E-state index in [1.54, 1.807) is 19.1 Å². The van der Waals surface area contributed by atoms with E-state index in [2.05, 4.69) is 15.3 Å². The first-order valence-corrected chi connectivity index (χ1v) is 9.34. The molecule has 0 atom stereocenters. The lowest BCUT2D eigenvalue weighted by atomic mass is 10.1. The number of carbonyl (C=O) groups is 2. The number of halogens is 1. The number of amides is 1. The maximum absolute atomic E-state index is 11.7. The van der Waals surface area contributed by atoms with Crippen LogP contribution in [0.25, 0.3) is 10.9 Å². The fourth-order valence-corrected chi connectivity index (χ4v) is 2.80. The average Bonchev–Trinajstić information content (AvgIpc) is 2.73. The minimum Gasteiger partial charge on any atom is -0.482 e. The van der Waals surface area contributed by atoms with Crippen molar-refractivity contribution in [2.45, 2.75) is 20.4 Å². The van der Waals surface area contributed by atoms with Gasteiger partial charge in [-0.2, -0.15) is 0 Å². The molecule has 1 amide bonds. The number of carbonyl (C=O) groups excluding carboxylic acids is 2. The van der Waals surface area contributed by atoms with Crippen LogP contribution in [-0.4, -0.2) is 35.1 Å². The van der Waals surface area contributed by atoms with E-state index >= 15 is 0 Å². The lowest BCUT2D eigenvalue weighted by Gasteiger charge is -2.18. The molecule has 164 valence electrons. The van der Waals surface area contributed by atoms with Crippen LogP contribution in [0.5, 0.6) is 5.75 Å². The Bertz CT molecular complexity index is 1160. The highest BCUT2D eigenvalue weighted by Crippen LogP contribution is 2.28. The molecule has 4 N–H and O–H groups in total. The van der Waals surface area contributed by atoms with Crippen LogP contribution >= 0.6 is 12.4 Å². The fourth-order valence-electron chi connectivity index (χ4n) is 2.80. The van der Waals surface area contributed by atoms with E-state index in [1.807, 2.05) is 31.2 Å². The molecule has 0 spiro atoms. The number of aromatic nitrogens is 2. The van der Waals surface area contributed by atoms with Gasteiger partial charge in [-0.1, -0.05) is 12.1 Å². The van der Waals surface area contributed by atoms with E-state index in [-0.39, 0.29) is 42.9 Å². The molecule has 0 fully saturated rings. The van der Waals surface area contributed by atoms with E-state index in [0.717, 1.165) is 11.1 Å². The van der Waals surface area contributed by atoms with Crippen LogP contribution in [0.1, 0.15) is 28.7 Å². The van der Waals surface area contributed by atoms with Crippen molar-refractivity contribution in [1.29, 1.82) is 0 Å². The molecule has 2 aromatic carbocycles. The van der Waals surface area contributed by atoms with Gasteiger partial charge < -0.3 is 25.5 Å². The predicted octanol–water partition coefficient (Wildman–Crippen LogP) is 2.31. The van der Waals surface area contributed by atoms with Gasteiger partial charge in [0.05, 0.1) is 23.2 Å². The summed E-state index contributed by atoms with van der Waals surface area (Å²) >= 11 is 0. The largest absolute Gasteiger partial charge is 0.482 e. The van der Waals surface area contributed by atoms with Crippen molar-refractivity contribution in [3.05, 3.63) is 63.7 Å². The highest BCUT2D eigenvalue weighted by atomic mass is 35.5. The van der Waals surface area contributed by atoms with Crippen LogP contribution in [0.15, 0.2) is 41.2 Å². The highest BCUT2D eigenvalue weighted by Gasteiger charge is 2.15. The molecule has 0 unspecified atom stereocenters. The number of aryl methyl sites for hydroxylation is 1. The number of hydrogen-bond donors (Lipinski definition) is 3. The van der Waals surface area contributed by atoms with Gasteiger partial charge in [-0.25, -0.2) is 9.78 Å². The molecule has 10 heteroatoms. The van der Waals surface area contributed by atoms with Crippen molar-refractivity contribution in [3.8, 4) is 5.75 Å². The number of ether oxygens (including phenoxy) is 2. The maximum Gasteiger partial charge on any atom is 0.374 e. The Morgan fingerprint density at radius 2 is 2.00 bits per heavy atom. The molecule has 0 saturated heterocycles. The molecular weight excluding hydrogens is 424 g/mol. The number of rotatable bonds is 3. The molecule has 1 aliphatic rings. The summed E-state index contributed by atoms with van der Waals surface area (Å²) in [6.45, 7) is 4.39. The quantitative estimate of drug-likeness (QED) is 0.525. The van der Waals surface area contributed by atoms with Gasteiger partial charge in [-0.15, -0.1) is 12.4 Å². The van der Waals surface area contributed by atoms with Crippen LogP contribution in [0, 0.1) is 6.92 Å². The van der Waals surface area contributed by atoms with Crippen molar-refractivity contribution in [2.75, 3.05) is 18.5 Å². The Labute approximate surface area is 184 Å². The van der Waals surface area contributed by atoms with Crippen LogP contribution in [0.4, 0.5) is 5.69 Å². The van der Waals surface area contributed by atoms with E-state index in [1.165, 1.54) is 0 Å². The highest BCUT2D eigenvalue weighted by molar-refractivity contribution is 5.95. The predicted molar refractivity (Wildman–Crippen MR) is 119 cm³/mol. The summed E-state index contributed by atoms with van der Waals surface area (Å²) in [5.41, 5.74) is 8.29. The van der Waals surface area contributed by atoms with Crippen molar-refractivity contribution in [1.82, 2.24) is 9.97 Å². The number of esters is 1. The third kappa shape index (κ3) is 5.80. The zero-order valence-electron chi connectivity index (χ0n) is 17.1. The first kappa shape index (κ1) is 23.8. The van der Waals surface area contributed by atoms with Gasteiger partial charge in [0.15, 0.2) is 6.61 Å². The summed E-state index contributed by atoms with van der Waals surface area (Å²) in [7, 11) is 0. The first-order valence-electron chi connectivity index (χ1n) is 9.34. The minimum absolute atomic E-state index is 0. The monoisotopic (exact) mass is 446 g/mol. The lowest BCUT2D eigenvalue weighted by Crippen LogP contribution is -2.25. The zero-order chi connectivity index (χ0) is 21.7. The molecule has 31 heavy (non-hydrogen) atoms. The third-order valence-corrected chi connectivity index (χ3v) is 4.24.